The van der Waals surface area contributed by atoms with Gasteiger partial charge in [-0.25, -0.2) is 25.3 Å². The summed E-state index contributed by atoms with van der Waals surface area (Å²) < 4.78 is 189. The molecule has 0 unspecified atom stereocenters. The maximum absolute atomic E-state index is 14.7. The second kappa shape index (κ2) is 9.58. The van der Waals surface area contributed by atoms with Crippen LogP contribution in [0, 0.1) is 0 Å². The van der Waals surface area contributed by atoms with E-state index in [-0.39, 0.29) is 25.7 Å². The summed E-state index contributed by atoms with van der Waals surface area (Å²) in [6.45, 7) is 0. The second-order valence-electron chi connectivity index (χ2n) is 8.61. The van der Waals surface area contributed by atoms with E-state index in [1.165, 1.54) is 0 Å². The van der Waals surface area contributed by atoms with Gasteiger partial charge in [0.25, 0.3) is 13.8 Å². The predicted octanol–water partition coefficient (Wildman–Crippen LogP) is 2.89. The van der Waals surface area contributed by atoms with Crippen LogP contribution in [0.5, 0.6) is 0 Å². The van der Waals surface area contributed by atoms with Gasteiger partial charge in [-0.05, 0) is 25.7 Å². The van der Waals surface area contributed by atoms with Gasteiger partial charge in [-0.2, -0.15) is 34.8 Å². The van der Waals surface area contributed by atoms with Crippen molar-refractivity contribution in [2.45, 2.75) is 95.1 Å². The van der Waals surface area contributed by atoms with Gasteiger partial charge in [0, 0.05) is 0 Å². The van der Waals surface area contributed by atoms with Crippen LogP contribution in [0.1, 0.15) is 64.2 Å². The van der Waals surface area contributed by atoms with Gasteiger partial charge in [0.05, 0.1) is 10.5 Å². The molecule has 2 aliphatic carbocycles. The minimum absolute atomic E-state index is 0.105. The van der Waals surface area contributed by atoms with Crippen molar-refractivity contribution in [1.82, 2.24) is 0 Å². The minimum atomic E-state index is -7.63. The molecule has 0 radical (unpaired) electrons. The van der Waals surface area contributed by atoms with E-state index in [9.17, 15) is 60.0 Å². The van der Waals surface area contributed by atoms with Crippen molar-refractivity contribution in [2.24, 2.45) is 0 Å². The Bertz CT molecular complexity index is 1170. The van der Waals surface area contributed by atoms with E-state index in [4.69, 9.17) is 4.55 Å². The third kappa shape index (κ3) is 4.95. The van der Waals surface area contributed by atoms with Gasteiger partial charge in [-0.1, -0.05) is 38.5 Å². The topological polar surface area (TPSA) is 157 Å². The van der Waals surface area contributed by atoms with Crippen molar-refractivity contribution in [1.29, 1.82) is 0 Å². The molecule has 0 aromatic heterocycles. The molecule has 2 fully saturated rings. The Morgan fingerprint density at radius 2 is 0.886 bits per heavy atom. The predicted molar refractivity (Wildman–Crippen MR) is 111 cm³/mol. The number of hydrogen-bond acceptors (Lipinski definition) is 8. The van der Waals surface area contributed by atoms with Crippen molar-refractivity contribution >= 4 is 39.6 Å². The quantitative estimate of drug-likeness (QED) is 0.310. The van der Waals surface area contributed by atoms with Crippen LogP contribution >= 0.6 is 0 Å². The number of rotatable bonds is 9. The molecule has 2 rings (SSSR count). The highest BCUT2D eigenvalue weighted by Gasteiger charge is 2.84. The molecule has 0 atom stereocenters. The van der Waals surface area contributed by atoms with Crippen LogP contribution < -0.4 is 0 Å². The van der Waals surface area contributed by atoms with E-state index in [2.05, 4.69) is 0 Å². The first-order valence-corrected chi connectivity index (χ1v) is 16.6. The molecule has 0 amide bonds. The van der Waals surface area contributed by atoms with Gasteiger partial charge in [-0.15, -0.1) is 0 Å². The summed E-state index contributed by atoms with van der Waals surface area (Å²) in [7, 11) is -26.5. The molecule has 0 bridgehead atoms. The lowest BCUT2D eigenvalue weighted by molar-refractivity contribution is -0.245. The minimum Gasteiger partial charge on any atom is -0.281 e. The van der Waals surface area contributed by atoms with Crippen molar-refractivity contribution in [2.75, 3.05) is 0 Å². The van der Waals surface area contributed by atoms with Crippen molar-refractivity contribution < 1.29 is 64.6 Å². The highest BCUT2D eigenvalue weighted by atomic mass is 32.3. The van der Waals surface area contributed by atoms with Crippen LogP contribution in [-0.2, 0) is 39.6 Å². The van der Waals surface area contributed by atoms with E-state index in [0.717, 1.165) is 0 Å². The van der Waals surface area contributed by atoms with Crippen LogP contribution in [0.4, 0.5) is 26.3 Å². The average Bonchev–Trinajstić information content (AvgIpc) is 2.73. The Kier molecular flexibility index (Phi) is 8.36. The van der Waals surface area contributed by atoms with Gasteiger partial charge in [0.15, 0.2) is 19.7 Å². The fourth-order valence-electron chi connectivity index (χ4n) is 4.27. The Morgan fingerprint density at radius 3 is 1.17 bits per heavy atom. The number of sulfone groups is 3. The van der Waals surface area contributed by atoms with E-state index >= 15 is 0 Å². The Balaban J connectivity index is 2.82. The lowest BCUT2D eigenvalue weighted by Crippen LogP contribution is -2.64. The van der Waals surface area contributed by atoms with Gasteiger partial charge in [0.2, 0.25) is 0 Å². The van der Waals surface area contributed by atoms with Crippen LogP contribution in [0.15, 0.2) is 0 Å². The lowest BCUT2D eigenvalue weighted by atomic mass is 10.0. The molecule has 0 aliphatic heterocycles. The summed E-state index contributed by atoms with van der Waals surface area (Å²) in [6.07, 6.45) is -0.298. The lowest BCUT2D eigenvalue weighted by Gasteiger charge is -2.35. The Labute approximate surface area is 199 Å². The summed E-state index contributed by atoms with van der Waals surface area (Å²) >= 11 is 0. The second-order valence-corrected chi connectivity index (χ2v) is 17.7. The van der Waals surface area contributed by atoms with Crippen LogP contribution in [0.25, 0.3) is 0 Å². The molecule has 19 heteroatoms. The number of halogens is 6. The fourth-order valence-corrected chi connectivity index (χ4v) is 15.1. The molecule has 208 valence electrons. The zero-order valence-electron chi connectivity index (χ0n) is 17.9. The summed E-state index contributed by atoms with van der Waals surface area (Å²) in [5.41, 5.74) is 0. The average molecular weight is 603 g/mol. The summed E-state index contributed by atoms with van der Waals surface area (Å²) in [6, 6.07) is 0. The summed E-state index contributed by atoms with van der Waals surface area (Å²) in [5.74, 6) is -7.45. The maximum Gasteiger partial charge on any atom is 0.439 e. The molecule has 35 heavy (non-hydrogen) atoms. The highest BCUT2D eigenvalue weighted by Crippen LogP contribution is 2.53. The standard InChI is InChI=1S/C16H24F6O9S4/c17-14(18,16(21,22)35(29,30)31)15(19,20)34(27,28)13(32(23,24)11-7-3-1-4-8-11)33(25,26)12-9-5-2-6-10-12/h11-13H,1-10H2,(H,29,30,31). The Morgan fingerprint density at radius 1 is 0.571 bits per heavy atom. The monoisotopic (exact) mass is 602 g/mol. The van der Waals surface area contributed by atoms with Crippen LogP contribution in [0.3, 0.4) is 0 Å². The fraction of sp³-hybridized carbons (Fsp3) is 1.00. The molecule has 9 nitrogen and oxygen atoms in total. The molecule has 0 saturated heterocycles. The van der Waals surface area contributed by atoms with Crippen LogP contribution in [-0.4, -0.2) is 69.1 Å². The van der Waals surface area contributed by atoms with Crippen LogP contribution in [0.2, 0.25) is 0 Å². The molecular weight excluding hydrogens is 578 g/mol. The third-order valence-corrected chi connectivity index (χ3v) is 17.2. The smallest absolute Gasteiger partial charge is 0.281 e. The largest absolute Gasteiger partial charge is 0.439 e. The number of hydrogen-bond donors (Lipinski definition) is 1. The van der Waals surface area contributed by atoms with Crippen molar-refractivity contribution in [3.05, 3.63) is 0 Å². The SMILES string of the molecule is O=S(=O)(C1CCCCC1)C(S(=O)(=O)C1CCCCC1)S(=O)(=O)C(F)(F)C(F)(F)C(F)(F)S(=O)(=O)O. The van der Waals surface area contributed by atoms with Gasteiger partial charge in [0.1, 0.15) is 0 Å². The third-order valence-electron chi connectivity index (χ3n) is 6.24. The molecule has 0 spiro atoms. The maximum atomic E-state index is 14.7. The highest BCUT2D eigenvalue weighted by molar-refractivity contribution is 8.24. The van der Waals surface area contributed by atoms with Gasteiger partial charge in [-0.3, -0.25) is 4.55 Å². The van der Waals surface area contributed by atoms with Gasteiger partial charge >= 0.3 is 26.5 Å². The zero-order valence-corrected chi connectivity index (χ0v) is 21.2. The molecule has 0 aromatic carbocycles. The normalized spacial score (nSPS) is 21.4. The Hall–Kier alpha value is -0.660. The van der Waals surface area contributed by atoms with Crippen molar-refractivity contribution in [3.63, 3.8) is 0 Å². The molecule has 2 saturated carbocycles. The summed E-state index contributed by atoms with van der Waals surface area (Å²) in [4.78, 5) is 0. The first-order valence-electron chi connectivity index (χ1n) is 10.4. The van der Waals surface area contributed by atoms with E-state index in [1.807, 2.05) is 0 Å². The van der Waals surface area contributed by atoms with E-state index < -0.39 is 96.2 Å². The van der Waals surface area contributed by atoms with E-state index in [0.29, 0.717) is 12.8 Å². The molecular formula is C16H24F6O9S4. The number of alkyl halides is 6. The van der Waals surface area contributed by atoms with Gasteiger partial charge < -0.3 is 0 Å². The molecule has 0 heterocycles. The zero-order chi connectivity index (χ0) is 27.3. The molecule has 1 N–H and O–H groups in total. The summed E-state index contributed by atoms with van der Waals surface area (Å²) in [5, 5.41) is -18.1. The molecule has 0 aromatic rings. The first kappa shape index (κ1) is 30.6. The van der Waals surface area contributed by atoms with Crippen molar-refractivity contribution in [3.8, 4) is 0 Å². The molecule has 2 aliphatic rings. The first-order chi connectivity index (χ1) is 15.6. The van der Waals surface area contributed by atoms with E-state index in [1.54, 1.807) is 0 Å².